The molecule has 1 aliphatic heterocycles. The van der Waals surface area contributed by atoms with E-state index in [9.17, 15) is 9.59 Å². The number of carbonyl (C=O) groups excluding carboxylic acids is 2. The maximum atomic E-state index is 13.1. The Morgan fingerprint density at radius 2 is 1.89 bits per heavy atom. The van der Waals surface area contributed by atoms with Crippen molar-refractivity contribution in [3.63, 3.8) is 0 Å². The molecule has 2 aromatic heterocycles. The van der Waals surface area contributed by atoms with Gasteiger partial charge >= 0.3 is 6.09 Å². The van der Waals surface area contributed by atoms with Crippen LogP contribution in [0.2, 0.25) is 0 Å². The van der Waals surface area contributed by atoms with Gasteiger partial charge in [-0.2, -0.15) is 5.10 Å². The first kappa shape index (κ1) is 24.4. The zero-order valence-corrected chi connectivity index (χ0v) is 20.5. The van der Waals surface area contributed by atoms with E-state index in [1.165, 1.54) is 0 Å². The molecule has 1 aliphatic rings. The van der Waals surface area contributed by atoms with Crippen LogP contribution < -0.4 is 10.1 Å². The molecule has 0 unspecified atom stereocenters. The first-order chi connectivity index (χ1) is 16.8. The first-order valence-electron chi connectivity index (χ1n) is 11.9. The summed E-state index contributed by atoms with van der Waals surface area (Å²) in [5.41, 5.74) is 0.742. The minimum Gasteiger partial charge on any atom is -0.492 e. The molecule has 2 amide bonds. The van der Waals surface area contributed by atoms with Crippen LogP contribution in [0.1, 0.15) is 50.1 Å². The van der Waals surface area contributed by atoms with Crippen LogP contribution in [-0.2, 0) is 11.3 Å². The summed E-state index contributed by atoms with van der Waals surface area (Å²) in [7, 11) is 0. The van der Waals surface area contributed by atoms with Crippen LogP contribution in [-0.4, -0.2) is 56.5 Å². The normalized spacial score (nSPS) is 14.5. The molecule has 1 N–H and O–H groups in total. The summed E-state index contributed by atoms with van der Waals surface area (Å²) in [6.45, 7) is 7.91. The number of ether oxygens (including phenoxy) is 2. The lowest BCUT2D eigenvalue weighted by molar-refractivity contribution is 0.0187. The van der Waals surface area contributed by atoms with Gasteiger partial charge in [0.1, 0.15) is 23.7 Å². The Labute approximate surface area is 205 Å². The van der Waals surface area contributed by atoms with E-state index in [1.54, 1.807) is 15.8 Å². The van der Waals surface area contributed by atoms with Crippen molar-refractivity contribution in [1.29, 1.82) is 0 Å². The number of aromatic nitrogens is 3. The number of benzene rings is 1. The van der Waals surface area contributed by atoms with Crippen molar-refractivity contribution in [3.05, 3.63) is 66.7 Å². The van der Waals surface area contributed by atoms with Crippen molar-refractivity contribution in [2.24, 2.45) is 0 Å². The molecule has 0 bridgehead atoms. The zero-order valence-electron chi connectivity index (χ0n) is 20.5. The van der Waals surface area contributed by atoms with E-state index in [0.717, 1.165) is 12.8 Å². The molecule has 0 radical (unpaired) electrons. The van der Waals surface area contributed by atoms with E-state index in [0.29, 0.717) is 43.4 Å². The Morgan fingerprint density at radius 1 is 1.09 bits per heavy atom. The molecule has 0 atom stereocenters. The van der Waals surface area contributed by atoms with Gasteiger partial charge in [0.25, 0.3) is 5.91 Å². The molecule has 3 heterocycles. The molecular formula is C26H33N5O4. The third-order valence-electron chi connectivity index (χ3n) is 5.76. The van der Waals surface area contributed by atoms with Gasteiger partial charge < -0.3 is 24.3 Å². The lowest BCUT2D eigenvalue weighted by atomic mass is 10.0. The highest BCUT2D eigenvalue weighted by molar-refractivity contribution is 6.03. The van der Waals surface area contributed by atoms with E-state index in [2.05, 4.69) is 10.4 Å². The molecule has 3 aromatic rings. The van der Waals surface area contributed by atoms with Crippen molar-refractivity contribution in [2.45, 2.75) is 51.8 Å². The summed E-state index contributed by atoms with van der Waals surface area (Å²) in [6, 6.07) is 13.1. The van der Waals surface area contributed by atoms with Crippen molar-refractivity contribution < 1.29 is 19.1 Å². The fourth-order valence-electron chi connectivity index (χ4n) is 4.11. The van der Waals surface area contributed by atoms with Gasteiger partial charge in [0.2, 0.25) is 0 Å². The van der Waals surface area contributed by atoms with Crippen LogP contribution in [0, 0.1) is 0 Å². The van der Waals surface area contributed by atoms with Gasteiger partial charge in [-0.3, -0.25) is 9.48 Å². The van der Waals surface area contributed by atoms with E-state index < -0.39 is 5.60 Å². The maximum absolute atomic E-state index is 13.1. The standard InChI is InChI=1S/C26H33N5O4/c1-26(2,3)35-25(33)29-15-10-21(11-16-29)31-14-5-9-23(31)24(32)28-20-7-4-8-22(19-20)34-18-17-30-13-6-12-27-30/h4-9,12-14,19,21H,10-11,15-18H2,1-3H3,(H,28,32). The second-order valence-corrected chi connectivity index (χ2v) is 9.60. The average molecular weight is 480 g/mol. The third kappa shape index (κ3) is 6.65. The Kier molecular flexibility index (Phi) is 7.43. The SMILES string of the molecule is CC(C)(C)OC(=O)N1CCC(n2cccc2C(=O)Nc2cccc(OCCn3cccn3)c2)CC1. The minimum atomic E-state index is -0.512. The second kappa shape index (κ2) is 10.7. The summed E-state index contributed by atoms with van der Waals surface area (Å²) in [5.74, 6) is 0.498. The second-order valence-electron chi connectivity index (χ2n) is 9.60. The summed E-state index contributed by atoms with van der Waals surface area (Å²) < 4.78 is 15.1. The molecule has 0 spiro atoms. The Bertz CT molecular complexity index is 1120. The summed E-state index contributed by atoms with van der Waals surface area (Å²) >= 11 is 0. The lowest BCUT2D eigenvalue weighted by Gasteiger charge is -2.34. The molecule has 35 heavy (non-hydrogen) atoms. The van der Waals surface area contributed by atoms with Gasteiger partial charge in [0.15, 0.2) is 0 Å². The molecule has 9 heteroatoms. The highest BCUT2D eigenvalue weighted by Crippen LogP contribution is 2.26. The van der Waals surface area contributed by atoms with E-state index >= 15 is 0 Å². The summed E-state index contributed by atoms with van der Waals surface area (Å²) in [5, 5.41) is 7.14. The number of carbonyl (C=O) groups is 2. The van der Waals surface area contributed by atoms with Crippen LogP contribution in [0.25, 0.3) is 0 Å². The van der Waals surface area contributed by atoms with E-state index in [-0.39, 0.29) is 18.0 Å². The number of nitrogens with one attached hydrogen (secondary N) is 1. The Morgan fingerprint density at radius 3 is 2.60 bits per heavy atom. The summed E-state index contributed by atoms with van der Waals surface area (Å²) in [6.07, 6.45) is 6.78. The van der Waals surface area contributed by atoms with E-state index in [4.69, 9.17) is 9.47 Å². The highest BCUT2D eigenvalue weighted by Gasteiger charge is 2.28. The third-order valence-corrected chi connectivity index (χ3v) is 5.76. The fraction of sp³-hybridized carbons (Fsp3) is 0.423. The van der Waals surface area contributed by atoms with Gasteiger partial charge in [-0.25, -0.2) is 4.79 Å². The molecule has 9 nitrogen and oxygen atoms in total. The number of amides is 2. The zero-order chi connectivity index (χ0) is 24.8. The van der Waals surface area contributed by atoms with Crippen LogP contribution in [0.3, 0.4) is 0 Å². The number of rotatable bonds is 7. The van der Waals surface area contributed by atoms with Crippen molar-refractivity contribution in [2.75, 3.05) is 25.0 Å². The molecule has 186 valence electrons. The Hall–Kier alpha value is -3.75. The van der Waals surface area contributed by atoms with E-state index in [1.807, 2.05) is 80.2 Å². The molecule has 4 rings (SSSR count). The van der Waals surface area contributed by atoms with Crippen LogP contribution >= 0.6 is 0 Å². The lowest BCUT2D eigenvalue weighted by Crippen LogP contribution is -2.42. The maximum Gasteiger partial charge on any atom is 0.410 e. The highest BCUT2D eigenvalue weighted by atomic mass is 16.6. The van der Waals surface area contributed by atoms with Crippen molar-refractivity contribution >= 4 is 17.7 Å². The van der Waals surface area contributed by atoms with Crippen LogP contribution in [0.15, 0.2) is 61.1 Å². The molecule has 0 aliphatic carbocycles. The molecule has 1 fully saturated rings. The van der Waals surface area contributed by atoms with Gasteiger partial charge in [-0.1, -0.05) is 6.07 Å². The molecule has 1 saturated heterocycles. The van der Waals surface area contributed by atoms with Gasteiger partial charge in [0.05, 0.1) is 6.54 Å². The molecule has 0 saturated carbocycles. The first-order valence-corrected chi connectivity index (χ1v) is 11.9. The predicted octanol–water partition coefficient (Wildman–Crippen LogP) is 4.59. The van der Waals surface area contributed by atoms with Crippen molar-refractivity contribution in [1.82, 2.24) is 19.2 Å². The predicted molar refractivity (Wildman–Crippen MR) is 133 cm³/mol. The minimum absolute atomic E-state index is 0.140. The molecule has 1 aromatic carbocycles. The quantitative estimate of drug-likeness (QED) is 0.535. The molecular weight excluding hydrogens is 446 g/mol. The van der Waals surface area contributed by atoms with Gasteiger partial charge in [-0.15, -0.1) is 0 Å². The number of hydrogen-bond acceptors (Lipinski definition) is 5. The topological polar surface area (TPSA) is 90.6 Å². The number of piperidine rings is 1. The number of nitrogens with zero attached hydrogens (tertiary/aromatic N) is 4. The number of anilines is 1. The van der Waals surface area contributed by atoms with Gasteiger partial charge in [0, 0.05) is 49.5 Å². The van der Waals surface area contributed by atoms with Gasteiger partial charge in [-0.05, 0) is 63.9 Å². The average Bonchev–Trinajstić information content (AvgIpc) is 3.51. The van der Waals surface area contributed by atoms with Crippen molar-refractivity contribution in [3.8, 4) is 5.75 Å². The smallest absolute Gasteiger partial charge is 0.410 e. The fourth-order valence-corrected chi connectivity index (χ4v) is 4.11. The monoisotopic (exact) mass is 479 g/mol. The van der Waals surface area contributed by atoms with Crippen LogP contribution in [0.4, 0.5) is 10.5 Å². The largest absolute Gasteiger partial charge is 0.492 e. The number of hydrogen-bond donors (Lipinski definition) is 1. The Balaban J connectivity index is 1.32. The summed E-state index contributed by atoms with van der Waals surface area (Å²) in [4.78, 5) is 27.2. The van der Waals surface area contributed by atoms with Crippen LogP contribution in [0.5, 0.6) is 5.75 Å². The number of likely N-dealkylation sites (tertiary alicyclic amines) is 1.